The number of nitrogens with zero attached hydrogens (tertiary/aromatic N) is 7. The van der Waals surface area contributed by atoms with E-state index in [9.17, 15) is 34.8 Å². The Kier molecular flexibility index (Phi) is 8.98. The van der Waals surface area contributed by atoms with Crippen molar-refractivity contribution >= 4 is 35.1 Å². The number of esters is 1. The van der Waals surface area contributed by atoms with Crippen molar-refractivity contribution < 1.29 is 39.5 Å². The molecule has 3 atom stereocenters. The summed E-state index contributed by atoms with van der Waals surface area (Å²) in [6.07, 6.45) is 2.87. The number of hydrazone groups is 1. The molecule has 7 heterocycles. The topological polar surface area (TPSA) is 215 Å². The molecule has 17 nitrogen and oxygen atoms in total. The average Bonchev–Trinajstić information content (AvgIpc) is 3.78. The van der Waals surface area contributed by atoms with E-state index in [1.165, 1.54) is 15.9 Å². The molecule has 1 aromatic carbocycles. The van der Waals surface area contributed by atoms with Crippen LogP contribution in [0.15, 0.2) is 86.0 Å². The first-order chi connectivity index (χ1) is 27.9. The number of aliphatic hydroxyl groups excluding tert-OH is 2. The number of anilines is 2. The van der Waals surface area contributed by atoms with E-state index in [0.29, 0.717) is 72.1 Å². The molecule has 58 heavy (non-hydrogen) atoms. The molecule has 0 radical (unpaired) electrons. The number of dihydropyridines is 1. The molecule has 0 bridgehead atoms. The third kappa shape index (κ3) is 6.04. The molecule has 0 saturated carbocycles. The number of pyridine rings is 2. The van der Waals surface area contributed by atoms with Gasteiger partial charge in [0.2, 0.25) is 12.5 Å². The van der Waals surface area contributed by atoms with E-state index in [1.807, 2.05) is 25.7 Å². The number of hydrogen-bond donors (Lipinski definition) is 5. The molecule has 2 aromatic heterocycles. The highest BCUT2D eigenvalue weighted by Crippen LogP contribution is 2.40. The van der Waals surface area contributed by atoms with Gasteiger partial charge in [0.1, 0.15) is 29.7 Å². The molecule has 5 aliphatic heterocycles. The van der Waals surface area contributed by atoms with Crippen LogP contribution in [0.1, 0.15) is 73.6 Å². The van der Waals surface area contributed by atoms with Crippen LogP contribution in [0.3, 0.4) is 0 Å². The first kappa shape index (κ1) is 37.0. The fourth-order valence-electron chi connectivity index (χ4n) is 8.54. The minimum Gasteiger partial charge on any atom is -0.508 e. The van der Waals surface area contributed by atoms with Crippen molar-refractivity contribution in [1.29, 1.82) is 0 Å². The molecule has 0 spiro atoms. The Bertz CT molecular complexity index is 2480. The standard InChI is InChI=1S/C41H42N8O9/c1-4-23-25-13-22(50)6-7-30(25)43-35-28(23)18-48-31(35)15-26-29(38(48)53)19-57-39(54)36(26)58-41(56)47-11-9-46(10-12-47)34-8-5-21(17-42-34)49-37(44-45-40(49)55)27-14-24(20(2)3)32(51)16-33(27)52/h5-6,8,13-17,20,30,36,40,45,50-52,55H,4,7,9-12,18-19H2,1-3H3/t30?,36-,40?/m0/s1. The van der Waals surface area contributed by atoms with Gasteiger partial charge >= 0.3 is 12.1 Å². The van der Waals surface area contributed by atoms with Gasteiger partial charge in [-0.25, -0.2) is 14.6 Å². The number of piperazine rings is 1. The lowest BCUT2D eigenvalue weighted by molar-refractivity contribution is -0.158. The zero-order valence-corrected chi connectivity index (χ0v) is 32.0. The summed E-state index contributed by atoms with van der Waals surface area (Å²) in [7, 11) is 0. The SMILES string of the molecule is CCC1=C2Cn3c(cc4c(c3=O)COC(=O)[C@H]4OC(=O)N3CCN(c4ccc(N5C(c6cc(C(C)C)c(O)cc6O)=NNC5O)cn4)CC3)C2=NC2CC=C(O)C=C12. The Morgan fingerprint density at radius 2 is 1.86 bits per heavy atom. The summed E-state index contributed by atoms with van der Waals surface area (Å²) in [5, 5.41) is 46.2. The van der Waals surface area contributed by atoms with Crippen molar-refractivity contribution in [2.75, 3.05) is 36.0 Å². The number of phenols is 2. The van der Waals surface area contributed by atoms with Gasteiger partial charge in [0.05, 0.1) is 47.0 Å². The maximum atomic E-state index is 13.9. The van der Waals surface area contributed by atoms with Crippen molar-refractivity contribution in [3.05, 3.63) is 109 Å². The number of aromatic nitrogens is 2. The van der Waals surface area contributed by atoms with Crippen molar-refractivity contribution in [1.82, 2.24) is 19.9 Å². The number of rotatable bonds is 6. The number of nitrogens with one attached hydrogen (secondary N) is 1. The Morgan fingerprint density at radius 1 is 1.07 bits per heavy atom. The van der Waals surface area contributed by atoms with E-state index < -0.39 is 24.5 Å². The lowest BCUT2D eigenvalue weighted by Gasteiger charge is -2.36. The van der Waals surface area contributed by atoms with Crippen molar-refractivity contribution in [3.8, 4) is 11.5 Å². The number of aliphatic imine (C=N–C) groups is 1. The summed E-state index contributed by atoms with van der Waals surface area (Å²) in [6.45, 7) is 7.27. The van der Waals surface area contributed by atoms with E-state index in [0.717, 1.165) is 16.7 Å². The first-order valence-corrected chi connectivity index (χ1v) is 19.3. The third-order valence-corrected chi connectivity index (χ3v) is 11.6. The molecule has 9 rings (SSSR count). The molecular formula is C41H42N8O9. The van der Waals surface area contributed by atoms with E-state index in [1.54, 1.807) is 47.2 Å². The lowest BCUT2D eigenvalue weighted by Crippen LogP contribution is -2.50. The summed E-state index contributed by atoms with van der Waals surface area (Å²) < 4.78 is 12.8. The van der Waals surface area contributed by atoms with Gasteiger partial charge in [0, 0.05) is 43.4 Å². The number of fused-ring (bicyclic) bond motifs is 5. The predicted octanol–water partition coefficient (Wildman–Crippen LogP) is 3.55. The van der Waals surface area contributed by atoms with Crippen LogP contribution in [-0.4, -0.2) is 97.1 Å². The lowest BCUT2D eigenvalue weighted by atomic mass is 9.83. The van der Waals surface area contributed by atoms with E-state index in [-0.39, 0.29) is 65.9 Å². The van der Waals surface area contributed by atoms with Crippen molar-refractivity contribution in [3.63, 3.8) is 0 Å². The Balaban J connectivity index is 0.888. The van der Waals surface area contributed by atoms with E-state index in [4.69, 9.17) is 14.5 Å². The van der Waals surface area contributed by atoms with Crippen LogP contribution in [-0.2, 0) is 27.4 Å². The van der Waals surface area contributed by atoms with Crippen molar-refractivity contribution in [2.24, 2.45) is 10.1 Å². The zero-order chi connectivity index (χ0) is 40.6. The van der Waals surface area contributed by atoms with Gasteiger partial charge in [-0.3, -0.25) is 20.1 Å². The van der Waals surface area contributed by atoms with Gasteiger partial charge in [-0.1, -0.05) is 20.8 Å². The number of carbonyl (C=O) groups is 2. The molecule has 17 heteroatoms. The van der Waals surface area contributed by atoms with Crippen LogP contribution in [0.5, 0.6) is 11.5 Å². The molecule has 1 aliphatic carbocycles. The van der Waals surface area contributed by atoms with Crippen LogP contribution in [0, 0.1) is 0 Å². The third-order valence-electron chi connectivity index (χ3n) is 11.6. The number of aromatic hydroxyl groups is 2. The first-order valence-electron chi connectivity index (χ1n) is 19.3. The van der Waals surface area contributed by atoms with Gasteiger partial charge in [-0.15, -0.1) is 0 Å². The normalized spacial score (nSPS) is 22.3. The number of carbonyl (C=O) groups excluding carboxylic acids is 2. The number of phenolic OH excluding ortho intramolecular Hbond substituents is 2. The molecule has 5 N–H and O–H groups in total. The highest BCUT2D eigenvalue weighted by atomic mass is 16.6. The average molecular weight is 791 g/mol. The largest absolute Gasteiger partial charge is 0.508 e. The molecule has 1 fully saturated rings. The second-order valence-electron chi connectivity index (χ2n) is 15.2. The van der Waals surface area contributed by atoms with Gasteiger partial charge in [-0.2, -0.15) is 5.10 Å². The van der Waals surface area contributed by atoms with Gasteiger partial charge in [0.15, 0.2) is 5.84 Å². The fourth-order valence-corrected chi connectivity index (χ4v) is 8.54. The van der Waals surface area contributed by atoms with E-state index >= 15 is 0 Å². The number of benzene rings is 1. The highest BCUT2D eigenvalue weighted by molar-refractivity contribution is 6.15. The summed E-state index contributed by atoms with van der Waals surface area (Å²) in [5.74, 6) is 0.0492. The number of hydrogen-bond acceptors (Lipinski definition) is 15. The van der Waals surface area contributed by atoms with E-state index in [2.05, 4.69) is 15.5 Å². The minimum atomic E-state index is -1.43. The maximum Gasteiger partial charge on any atom is 0.411 e. The number of allylic oxidation sites excluding steroid dienone is 2. The molecule has 6 aliphatic rings. The van der Waals surface area contributed by atoms with Crippen LogP contribution in [0.4, 0.5) is 16.3 Å². The van der Waals surface area contributed by atoms with Crippen LogP contribution >= 0.6 is 0 Å². The van der Waals surface area contributed by atoms with Crippen LogP contribution in [0.2, 0.25) is 0 Å². The summed E-state index contributed by atoms with van der Waals surface area (Å²) in [5.41, 5.74) is 8.39. The number of ether oxygens (including phenoxy) is 2. The summed E-state index contributed by atoms with van der Waals surface area (Å²) in [4.78, 5) is 55.2. The number of amidine groups is 1. The molecule has 3 aromatic rings. The Labute approximate surface area is 332 Å². The van der Waals surface area contributed by atoms with Gasteiger partial charge < -0.3 is 44.3 Å². The smallest absolute Gasteiger partial charge is 0.411 e. The Morgan fingerprint density at radius 3 is 2.59 bits per heavy atom. The van der Waals surface area contributed by atoms with Crippen LogP contribution in [0.25, 0.3) is 0 Å². The maximum absolute atomic E-state index is 13.9. The number of amides is 1. The summed E-state index contributed by atoms with van der Waals surface area (Å²) in [6, 6.07) is 7.97. The molecular weight excluding hydrogens is 748 g/mol. The monoisotopic (exact) mass is 790 g/mol. The van der Waals surface area contributed by atoms with Crippen molar-refractivity contribution in [2.45, 2.75) is 71.2 Å². The highest BCUT2D eigenvalue weighted by Gasteiger charge is 2.41. The number of cyclic esters (lactones) is 1. The second-order valence-corrected chi connectivity index (χ2v) is 15.2. The minimum absolute atomic E-state index is 0.0316. The van der Waals surface area contributed by atoms with Gasteiger partial charge in [-0.05, 0) is 71.9 Å². The van der Waals surface area contributed by atoms with Gasteiger partial charge in [0.25, 0.3) is 5.56 Å². The molecule has 1 saturated heterocycles. The Hall–Kier alpha value is -6.62. The fraction of sp³-hybridized carbons (Fsp3) is 0.366. The predicted molar refractivity (Wildman–Crippen MR) is 211 cm³/mol. The second kappa shape index (κ2) is 14.1. The molecule has 1 amide bonds. The summed E-state index contributed by atoms with van der Waals surface area (Å²) >= 11 is 0. The molecule has 2 unspecified atom stereocenters. The zero-order valence-electron chi connectivity index (χ0n) is 32.0. The van der Waals surface area contributed by atoms with Crippen LogP contribution < -0.4 is 20.8 Å². The number of aliphatic hydroxyl groups is 2. The molecule has 300 valence electrons. The quantitative estimate of drug-likeness (QED) is 0.226.